The van der Waals surface area contributed by atoms with Crippen molar-refractivity contribution in [3.05, 3.63) is 32.7 Å². The van der Waals surface area contributed by atoms with Crippen LogP contribution in [-0.4, -0.2) is 23.4 Å². The summed E-state index contributed by atoms with van der Waals surface area (Å²) in [5, 5.41) is 0. The molecule has 0 saturated carbocycles. The Hall–Kier alpha value is -0.350. The van der Waals surface area contributed by atoms with Gasteiger partial charge in [-0.3, -0.25) is 4.79 Å². The largest absolute Gasteiger partial charge is 0.336 e. The number of nitrogens with zero attached hydrogens (tertiary/aromatic N) is 1. The quantitative estimate of drug-likeness (QED) is 0.733. The Kier molecular flexibility index (Phi) is 4.26. The van der Waals surface area contributed by atoms with Crippen molar-refractivity contribution in [1.82, 2.24) is 4.90 Å². The average molecular weight is 361 g/mol. The Bertz CT molecular complexity index is 413. The zero-order chi connectivity index (χ0) is 12.4. The average Bonchev–Trinajstić information content (AvgIpc) is 2.27. The van der Waals surface area contributed by atoms with Crippen LogP contribution in [-0.2, 0) is 0 Å². The van der Waals surface area contributed by atoms with Gasteiger partial charge in [-0.2, -0.15) is 0 Å². The van der Waals surface area contributed by atoms with E-state index in [1.165, 1.54) is 6.42 Å². The van der Waals surface area contributed by atoms with Gasteiger partial charge in [0.15, 0.2) is 0 Å². The smallest absolute Gasteiger partial charge is 0.254 e. The molecule has 1 amide bonds. The lowest BCUT2D eigenvalue weighted by Crippen LogP contribution is -2.42. The fourth-order valence-corrected chi connectivity index (χ4v) is 3.54. The molecule has 1 unspecified atom stereocenters. The summed E-state index contributed by atoms with van der Waals surface area (Å²) in [5.41, 5.74) is 0.750. The van der Waals surface area contributed by atoms with E-state index < -0.39 is 0 Å². The van der Waals surface area contributed by atoms with Crippen LogP contribution in [0.15, 0.2) is 27.1 Å². The molecular formula is C13H15Br2NO. The highest BCUT2D eigenvalue weighted by atomic mass is 79.9. The fraction of sp³-hybridized carbons (Fsp3) is 0.462. The predicted octanol–water partition coefficient (Wildman–Crippen LogP) is 4.23. The van der Waals surface area contributed by atoms with Crippen molar-refractivity contribution in [1.29, 1.82) is 0 Å². The molecule has 0 aliphatic carbocycles. The van der Waals surface area contributed by atoms with Crippen LogP contribution in [0.5, 0.6) is 0 Å². The van der Waals surface area contributed by atoms with Gasteiger partial charge < -0.3 is 4.90 Å². The first-order valence-electron chi connectivity index (χ1n) is 5.85. The van der Waals surface area contributed by atoms with Gasteiger partial charge >= 0.3 is 0 Å². The van der Waals surface area contributed by atoms with E-state index in [1.807, 2.05) is 23.1 Å². The highest BCUT2D eigenvalue weighted by Crippen LogP contribution is 2.24. The Morgan fingerprint density at radius 2 is 1.88 bits per heavy atom. The molecule has 1 heterocycles. The van der Waals surface area contributed by atoms with Crippen LogP contribution in [0, 0.1) is 0 Å². The van der Waals surface area contributed by atoms with Crippen molar-refractivity contribution in [2.45, 2.75) is 32.2 Å². The van der Waals surface area contributed by atoms with E-state index >= 15 is 0 Å². The van der Waals surface area contributed by atoms with E-state index in [9.17, 15) is 4.79 Å². The van der Waals surface area contributed by atoms with Crippen molar-refractivity contribution in [2.24, 2.45) is 0 Å². The predicted molar refractivity (Wildman–Crippen MR) is 76.2 cm³/mol. The van der Waals surface area contributed by atoms with Crippen LogP contribution < -0.4 is 0 Å². The first-order valence-corrected chi connectivity index (χ1v) is 7.43. The van der Waals surface area contributed by atoms with Gasteiger partial charge in [0.05, 0.1) is 0 Å². The number of halogens is 2. The lowest BCUT2D eigenvalue weighted by Gasteiger charge is -2.33. The Morgan fingerprint density at radius 3 is 2.47 bits per heavy atom. The maximum atomic E-state index is 12.4. The number of hydrogen-bond acceptors (Lipinski definition) is 1. The number of rotatable bonds is 1. The third kappa shape index (κ3) is 3.10. The number of piperidine rings is 1. The maximum Gasteiger partial charge on any atom is 0.254 e. The highest BCUT2D eigenvalue weighted by Gasteiger charge is 2.24. The number of carbonyl (C=O) groups excluding carboxylic acids is 1. The van der Waals surface area contributed by atoms with E-state index in [0.29, 0.717) is 6.04 Å². The lowest BCUT2D eigenvalue weighted by molar-refractivity contribution is 0.0635. The third-order valence-corrected chi connectivity index (χ3v) is 4.09. The molecule has 1 atom stereocenters. The minimum atomic E-state index is 0.138. The van der Waals surface area contributed by atoms with E-state index in [-0.39, 0.29) is 5.91 Å². The first kappa shape index (κ1) is 13.1. The van der Waals surface area contributed by atoms with E-state index in [2.05, 4.69) is 38.8 Å². The normalized spacial score (nSPS) is 20.4. The molecule has 1 aliphatic heterocycles. The van der Waals surface area contributed by atoms with Crippen molar-refractivity contribution in [3.63, 3.8) is 0 Å². The summed E-state index contributed by atoms with van der Waals surface area (Å²) in [6.07, 6.45) is 3.46. The molecular weight excluding hydrogens is 346 g/mol. The molecule has 0 aromatic heterocycles. The number of carbonyl (C=O) groups is 1. The summed E-state index contributed by atoms with van der Waals surface area (Å²) in [6.45, 7) is 3.01. The van der Waals surface area contributed by atoms with E-state index in [1.54, 1.807) is 0 Å². The van der Waals surface area contributed by atoms with Crippen molar-refractivity contribution in [3.8, 4) is 0 Å². The maximum absolute atomic E-state index is 12.4. The molecule has 0 radical (unpaired) electrons. The summed E-state index contributed by atoms with van der Waals surface area (Å²) in [5.74, 6) is 0.138. The Labute approximate surface area is 119 Å². The van der Waals surface area contributed by atoms with Gasteiger partial charge in [0.25, 0.3) is 5.91 Å². The zero-order valence-electron chi connectivity index (χ0n) is 9.75. The highest BCUT2D eigenvalue weighted by molar-refractivity contribution is 9.11. The second-order valence-corrected chi connectivity index (χ2v) is 6.33. The van der Waals surface area contributed by atoms with Crippen LogP contribution in [0.2, 0.25) is 0 Å². The molecule has 1 aliphatic rings. The van der Waals surface area contributed by atoms with Crippen LogP contribution in [0.3, 0.4) is 0 Å². The molecule has 1 aromatic rings. The minimum absolute atomic E-state index is 0.138. The number of hydrogen-bond donors (Lipinski definition) is 0. The van der Waals surface area contributed by atoms with Crippen LogP contribution >= 0.6 is 31.9 Å². The fourth-order valence-electron chi connectivity index (χ4n) is 2.24. The summed E-state index contributed by atoms with van der Waals surface area (Å²) in [7, 11) is 0. The van der Waals surface area contributed by atoms with Crippen molar-refractivity contribution < 1.29 is 4.79 Å². The van der Waals surface area contributed by atoms with Crippen molar-refractivity contribution in [2.75, 3.05) is 6.54 Å². The summed E-state index contributed by atoms with van der Waals surface area (Å²) in [4.78, 5) is 14.4. The molecule has 1 fully saturated rings. The molecule has 1 saturated heterocycles. The molecule has 1 aromatic carbocycles. The molecule has 0 N–H and O–H groups in total. The van der Waals surface area contributed by atoms with Gasteiger partial charge in [-0.1, -0.05) is 31.9 Å². The van der Waals surface area contributed by atoms with E-state index in [4.69, 9.17) is 0 Å². The molecule has 17 heavy (non-hydrogen) atoms. The van der Waals surface area contributed by atoms with Gasteiger partial charge in [-0.25, -0.2) is 0 Å². The number of likely N-dealkylation sites (tertiary alicyclic amines) is 1. The zero-order valence-corrected chi connectivity index (χ0v) is 12.9. The van der Waals surface area contributed by atoms with Crippen LogP contribution in [0.4, 0.5) is 0 Å². The Balaban J connectivity index is 2.23. The molecule has 2 nitrogen and oxygen atoms in total. The lowest BCUT2D eigenvalue weighted by atomic mass is 10.0. The molecule has 92 valence electrons. The molecule has 2 rings (SSSR count). The molecule has 0 bridgehead atoms. The standard InChI is InChI=1S/C13H15Br2NO/c1-9-4-2-3-5-16(9)13(17)10-6-11(14)8-12(15)7-10/h6-9H,2-5H2,1H3. The second-order valence-electron chi connectivity index (χ2n) is 4.50. The Morgan fingerprint density at radius 1 is 1.24 bits per heavy atom. The van der Waals surface area contributed by atoms with E-state index in [0.717, 1.165) is 33.9 Å². The van der Waals surface area contributed by atoms with Gasteiger partial charge in [-0.15, -0.1) is 0 Å². The number of amides is 1. The molecule has 4 heteroatoms. The topological polar surface area (TPSA) is 20.3 Å². The summed E-state index contributed by atoms with van der Waals surface area (Å²) in [6, 6.07) is 6.06. The van der Waals surface area contributed by atoms with Gasteiger partial charge in [0.2, 0.25) is 0 Å². The summed E-state index contributed by atoms with van der Waals surface area (Å²) >= 11 is 6.84. The summed E-state index contributed by atoms with van der Waals surface area (Å²) < 4.78 is 1.86. The van der Waals surface area contributed by atoms with Crippen LogP contribution in [0.1, 0.15) is 36.5 Å². The minimum Gasteiger partial charge on any atom is -0.336 e. The second kappa shape index (κ2) is 5.53. The monoisotopic (exact) mass is 359 g/mol. The molecule has 0 spiro atoms. The van der Waals surface area contributed by atoms with Gasteiger partial charge in [0, 0.05) is 27.1 Å². The third-order valence-electron chi connectivity index (χ3n) is 3.17. The SMILES string of the molecule is CC1CCCCN1C(=O)c1cc(Br)cc(Br)c1. The van der Waals surface area contributed by atoms with Gasteiger partial charge in [0.1, 0.15) is 0 Å². The van der Waals surface area contributed by atoms with Crippen LogP contribution in [0.25, 0.3) is 0 Å². The number of benzene rings is 1. The van der Waals surface area contributed by atoms with Gasteiger partial charge in [-0.05, 0) is 44.4 Å². The first-order chi connectivity index (χ1) is 8.08. The van der Waals surface area contributed by atoms with Crippen molar-refractivity contribution >= 4 is 37.8 Å².